The van der Waals surface area contributed by atoms with Crippen LogP contribution in [0.1, 0.15) is 24.4 Å². The summed E-state index contributed by atoms with van der Waals surface area (Å²) in [6.07, 6.45) is -1.07. The average molecular weight is 509 g/mol. The first-order chi connectivity index (χ1) is 17.3. The average Bonchev–Trinajstić information content (AvgIpc) is 3.53. The van der Waals surface area contributed by atoms with E-state index >= 15 is 0 Å². The minimum atomic E-state index is -1.61. The van der Waals surface area contributed by atoms with E-state index in [2.05, 4.69) is 10.3 Å². The number of hydrogen-bond donors (Lipinski definition) is 2. The standard InChI is InChI=1S/C24H23F4N3O5/c25-15-4-1-3-13(7-15)12-34-23-21(22(33)19(11-32)36-24(23)5-2-6-35-24)31-10-18(29-30-31)14-8-16(26)20(28)17(27)9-14/h1,3-4,7-10,19,21-23,32-33H,2,5-6,11-12H2/t19-,21+,22+,23-,24+/m1/s1. The normalized spacial score (nSPS) is 28.2. The molecule has 0 radical (unpaired) electrons. The molecule has 0 amide bonds. The van der Waals surface area contributed by atoms with Crippen molar-refractivity contribution in [3.63, 3.8) is 0 Å². The van der Waals surface area contributed by atoms with Crippen molar-refractivity contribution in [3.8, 4) is 11.3 Å². The molecule has 36 heavy (non-hydrogen) atoms. The number of aromatic nitrogens is 3. The quantitative estimate of drug-likeness (QED) is 0.390. The van der Waals surface area contributed by atoms with Gasteiger partial charge in [-0.25, -0.2) is 22.2 Å². The third-order valence-electron chi connectivity index (χ3n) is 6.44. The highest BCUT2D eigenvalue weighted by molar-refractivity contribution is 5.58. The molecule has 2 aliphatic heterocycles. The van der Waals surface area contributed by atoms with Crippen molar-refractivity contribution in [1.82, 2.24) is 15.0 Å². The molecule has 1 aromatic heterocycles. The van der Waals surface area contributed by atoms with E-state index in [-0.39, 0.29) is 17.9 Å². The summed E-state index contributed by atoms with van der Waals surface area (Å²) >= 11 is 0. The second kappa shape index (κ2) is 9.87. The number of benzene rings is 2. The van der Waals surface area contributed by atoms with Crippen molar-refractivity contribution in [1.29, 1.82) is 0 Å². The molecule has 12 heteroatoms. The molecule has 2 aliphatic rings. The smallest absolute Gasteiger partial charge is 0.197 e. The van der Waals surface area contributed by atoms with Crippen LogP contribution in [0.25, 0.3) is 11.3 Å². The van der Waals surface area contributed by atoms with Gasteiger partial charge in [0.25, 0.3) is 0 Å². The van der Waals surface area contributed by atoms with Crippen molar-refractivity contribution in [3.05, 3.63) is 71.4 Å². The second-order valence-electron chi connectivity index (χ2n) is 8.78. The van der Waals surface area contributed by atoms with Gasteiger partial charge in [0, 0.05) is 12.0 Å². The minimum Gasteiger partial charge on any atom is -0.394 e. The maximum Gasteiger partial charge on any atom is 0.197 e. The Morgan fingerprint density at radius 1 is 1.14 bits per heavy atom. The Morgan fingerprint density at radius 2 is 1.92 bits per heavy atom. The van der Waals surface area contributed by atoms with E-state index in [0.29, 0.717) is 25.0 Å². The van der Waals surface area contributed by atoms with E-state index in [4.69, 9.17) is 14.2 Å². The highest BCUT2D eigenvalue weighted by Crippen LogP contribution is 2.45. The van der Waals surface area contributed by atoms with Gasteiger partial charge in [0.1, 0.15) is 35.9 Å². The molecule has 0 saturated carbocycles. The van der Waals surface area contributed by atoms with E-state index in [1.165, 1.54) is 29.1 Å². The molecule has 3 aromatic rings. The largest absolute Gasteiger partial charge is 0.394 e. The molecule has 5 rings (SSSR count). The number of rotatable bonds is 6. The van der Waals surface area contributed by atoms with Gasteiger partial charge < -0.3 is 24.4 Å². The lowest BCUT2D eigenvalue weighted by molar-refractivity contribution is -0.348. The molecule has 2 N–H and O–H groups in total. The van der Waals surface area contributed by atoms with Crippen LogP contribution in [-0.2, 0) is 20.8 Å². The summed E-state index contributed by atoms with van der Waals surface area (Å²) in [7, 11) is 0. The molecule has 2 aromatic carbocycles. The van der Waals surface area contributed by atoms with Crippen LogP contribution in [0.4, 0.5) is 17.6 Å². The fourth-order valence-corrected chi connectivity index (χ4v) is 4.74. The van der Waals surface area contributed by atoms with Crippen LogP contribution in [0.15, 0.2) is 42.6 Å². The summed E-state index contributed by atoms with van der Waals surface area (Å²) in [5.41, 5.74) is 0.469. The van der Waals surface area contributed by atoms with Crippen molar-refractivity contribution in [2.45, 2.75) is 49.6 Å². The van der Waals surface area contributed by atoms with Crippen LogP contribution < -0.4 is 0 Å². The third-order valence-corrected chi connectivity index (χ3v) is 6.44. The van der Waals surface area contributed by atoms with Crippen LogP contribution in [0, 0.1) is 23.3 Å². The highest BCUT2D eigenvalue weighted by Gasteiger charge is 2.58. The van der Waals surface area contributed by atoms with Gasteiger partial charge in [-0.2, -0.15) is 0 Å². The van der Waals surface area contributed by atoms with E-state index in [0.717, 1.165) is 12.1 Å². The van der Waals surface area contributed by atoms with Crippen LogP contribution >= 0.6 is 0 Å². The third kappa shape index (κ3) is 4.50. The Labute approximate surface area is 203 Å². The molecule has 8 nitrogen and oxygen atoms in total. The molecule has 2 fully saturated rings. The number of hydrogen-bond acceptors (Lipinski definition) is 7. The molecule has 2 saturated heterocycles. The molecule has 0 aliphatic carbocycles. The molecule has 3 heterocycles. The lowest BCUT2D eigenvalue weighted by Gasteiger charge is -2.49. The van der Waals surface area contributed by atoms with Gasteiger partial charge in [0.2, 0.25) is 0 Å². The van der Waals surface area contributed by atoms with E-state index in [9.17, 15) is 27.8 Å². The van der Waals surface area contributed by atoms with Gasteiger partial charge in [-0.3, -0.25) is 0 Å². The zero-order valence-corrected chi connectivity index (χ0v) is 18.9. The predicted molar refractivity (Wildman–Crippen MR) is 115 cm³/mol. The monoisotopic (exact) mass is 509 g/mol. The van der Waals surface area contributed by atoms with Gasteiger partial charge in [-0.05, 0) is 36.2 Å². The zero-order chi connectivity index (χ0) is 25.4. The second-order valence-corrected chi connectivity index (χ2v) is 8.78. The Kier molecular flexibility index (Phi) is 6.79. The molecular formula is C24H23F4N3O5. The Bertz CT molecular complexity index is 1210. The summed E-state index contributed by atoms with van der Waals surface area (Å²) < 4.78 is 74.0. The molecular weight excluding hydrogens is 486 g/mol. The van der Waals surface area contributed by atoms with Gasteiger partial charge in [-0.15, -0.1) is 5.10 Å². The zero-order valence-electron chi connectivity index (χ0n) is 18.9. The van der Waals surface area contributed by atoms with Crippen LogP contribution in [0.3, 0.4) is 0 Å². The number of aliphatic hydroxyl groups excluding tert-OH is 2. The number of nitrogens with zero attached hydrogens (tertiary/aromatic N) is 3. The maximum absolute atomic E-state index is 13.8. The van der Waals surface area contributed by atoms with Crippen LogP contribution in [0.5, 0.6) is 0 Å². The Balaban J connectivity index is 1.52. The summed E-state index contributed by atoms with van der Waals surface area (Å²) in [5, 5.41) is 28.9. The fraction of sp³-hybridized carbons (Fsp3) is 0.417. The van der Waals surface area contributed by atoms with Crippen molar-refractivity contribution in [2.75, 3.05) is 13.2 Å². The van der Waals surface area contributed by atoms with Gasteiger partial charge in [0.05, 0.1) is 26.0 Å². The first-order valence-electron chi connectivity index (χ1n) is 11.3. The summed E-state index contributed by atoms with van der Waals surface area (Å²) in [4.78, 5) is 0. The van der Waals surface area contributed by atoms with Crippen molar-refractivity contribution in [2.24, 2.45) is 0 Å². The SMILES string of the molecule is OC[C@H]1O[C@@]2(CCCO2)[C@H](OCc2cccc(F)c2)[C@@H](n2cc(-c3cc(F)c(F)c(F)c3)nn2)[C@H]1O. The molecule has 5 atom stereocenters. The molecule has 0 unspecified atom stereocenters. The molecule has 0 bridgehead atoms. The van der Waals surface area contributed by atoms with Gasteiger partial charge >= 0.3 is 0 Å². The minimum absolute atomic E-state index is 0.0114. The summed E-state index contributed by atoms with van der Waals surface area (Å²) in [6, 6.07) is 6.35. The molecule has 1 spiro atoms. The number of halogens is 4. The van der Waals surface area contributed by atoms with E-state index in [1.807, 2.05) is 0 Å². The maximum atomic E-state index is 13.8. The first-order valence-corrected chi connectivity index (χ1v) is 11.3. The Morgan fingerprint density at radius 3 is 2.58 bits per heavy atom. The van der Waals surface area contributed by atoms with Crippen molar-refractivity contribution < 1.29 is 42.0 Å². The highest BCUT2D eigenvalue weighted by atomic mass is 19.2. The first kappa shape index (κ1) is 24.8. The van der Waals surface area contributed by atoms with Crippen LogP contribution in [-0.4, -0.2) is 62.5 Å². The topological polar surface area (TPSA) is 98.9 Å². The lowest BCUT2D eigenvalue weighted by Crippen LogP contribution is -2.63. The van der Waals surface area contributed by atoms with Crippen LogP contribution in [0.2, 0.25) is 0 Å². The Hall–Kier alpha value is -2.90. The predicted octanol–water partition coefficient (Wildman–Crippen LogP) is 2.89. The van der Waals surface area contributed by atoms with E-state index < -0.39 is 60.0 Å². The van der Waals surface area contributed by atoms with Gasteiger partial charge in [-0.1, -0.05) is 17.3 Å². The number of aliphatic hydroxyl groups is 2. The fourth-order valence-electron chi connectivity index (χ4n) is 4.74. The summed E-state index contributed by atoms with van der Waals surface area (Å²) in [6.45, 7) is -0.243. The van der Waals surface area contributed by atoms with E-state index in [1.54, 1.807) is 6.07 Å². The molecule has 192 valence electrons. The lowest BCUT2D eigenvalue weighted by atomic mass is 9.88. The number of ether oxygens (including phenoxy) is 3. The van der Waals surface area contributed by atoms with Crippen molar-refractivity contribution >= 4 is 0 Å². The van der Waals surface area contributed by atoms with Gasteiger partial charge in [0.15, 0.2) is 23.2 Å². The summed E-state index contributed by atoms with van der Waals surface area (Å²) in [5.74, 6) is -6.17.